The second kappa shape index (κ2) is 9.94. The van der Waals surface area contributed by atoms with Crippen molar-refractivity contribution in [3.05, 3.63) is 64.4 Å². The summed E-state index contributed by atoms with van der Waals surface area (Å²) in [5.41, 5.74) is 0.900. The summed E-state index contributed by atoms with van der Waals surface area (Å²) in [6.45, 7) is 5.50. The molecule has 0 aromatic heterocycles. The lowest BCUT2D eigenvalue weighted by Gasteiger charge is -2.33. The van der Waals surface area contributed by atoms with Crippen molar-refractivity contribution < 1.29 is 18.7 Å². The van der Waals surface area contributed by atoms with Gasteiger partial charge in [0.25, 0.3) is 11.8 Å². The topological polar surface area (TPSA) is 58.6 Å². The first-order valence-corrected chi connectivity index (χ1v) is 10.5. The summed E-state index contributed by atoms with van der Waals surface area (Å²) in [6, 6.07) is 10.9. The second-order valence-electron chi connectivity index (χ2n) is 7.85. The molecule has 1 aliphatic heterocycles. The molecule has 1 fully saturated rings. The molecular formula is C23H26ClFN2O3. The molecule has 0 spiro atoms. The van der Waals surface area contributed by atoms with Gasteiger partial charge in [-0.25, -0.2) is 4.39 Å². The van der Waals surface area contributed by atoms with E-state index in [-0.39, 0.29) is 28.8 Å². The van der Waals surface area contributed by atoms with Crippen molar-refractivity contribution in [3.63, 3.8) is 0 Å². The molecule has 2 amide bonds. The zero-order valence-corrected chi connectivity index (χ0v) is 17.9. The molecule has 1 saturated heterocycles. The highest BCUT2D eigenvalue weighted by Gasteiger charge is 2.26. The van der Waals surface area contributed by atoms with Gasteiger partial charge in [-0.3, -0.25) is 9.59 Å². The number of nitrogens with zero attached hydrogens (tertiary/aromatic N) is 1. The molecule has 0 bridgehead atoms. The van der Waals surface area contributed by atoms with Crippen molar-refractivity contribution in [3.8, 4) is 5.75 Å². The number of halogens is 2. The lowest BCUT2D eigenvalue weighted by molar-refractivity contribution is 0.0633. The van der Waals surface area contributed by atoms with Gasteiger partial charge in [0.05, 0.1) is 17.2 Å². The van der Waals surface area contributed by atoms with Gasteiger partial charge < -0.3 is 15.0 Å². The van der Waals surface area contributed by atoms with E-state index in [1.54, 1.807) is 29.2 Å². The smallest absolute Gasteiger partial charge is 0.255 e. The normalized spacial score (nSPS) is 16.4. The van der Waals surface area contributed by atoms with E-state index < -0.39 is 5.82 Å². The van der Waals surface area contributed by atoms with Crippen LogP contribution in [0.1, 0.15) is 47.4 Å². The summed E-state index contributed by atoms with van der Waals surface area (Å²) in [5, 5.41) is 2.98. The van der Waals surface area contributed by atoms with Crippen LogP contribution in [0, 0.1) is 11.7 Å². The van der Waals surface area contributed by atoms with Gasteiger partial charge in [-0.2, -0.15) is 0 Å². The van der Waals surface area contributed by atoms with Crippen molar-refractivity contribution in [1.29, 1.82) is 0 Å². The molecule has 30 heavy (non-hydrogen) atoms. The molecule has 1 aliphatic rings. The third-order valence-electron chi connectivity index (χ3n) is 4.99. The van der Waals surface area contributed by atoms with Gasteiger partial charge in [-0.05, 0) is 69.2 Å². The number of nitrogens with one attached hydrogen (secondary N) is 1. The first-order valence-electron chi connectivity index (χ1n) is 10.1. The van der Waals surface area contributed by atoms with Crippen molar-refractivity contribution in [2.75, 3.05) is 19.7 Å². The fraction of sp³-hybridized carbons (Fsp3) is 0.391. The summed E-state index contributed by atoms with van der Waals surface area (Å²) in [4.78, 5) is 26.5. The number of hydrogen-bond acceptors (Lipinski definition) is 3. The zero-order valence-electron chi connectivity index (χ0n) is 17.2. The number of carbonyl (C=O) groups excluding carboxylic acids is 2. The molecule has 0 unspecified atom stereocenters. The van der Waals surface area contributed by atoms with Crippen LogP contribution in [0.4, 0.5) is 4.39 Å². The summed E-state index contributed by atoms with van der Waals surface area (Å²) in [5.74, 6) is 0.101. The monoisotopic (exact) mass is 432 g/mol. The Labute approximate surface area is 181 Å². The van der Waals surface area contributed by atoms with Crippen molar-refractivity contribution >= 4 is 23.4 Å². The Balaban J connectivity index is 1.55. The van der Waals surface area contributed by atoms with Gasteiger partial charge in [0.1, 0.15) is 11.6 Å². The molecule has 160 valence electrons. The summed E-state index contributed by atoms with van der Waals surface area (Å²) >= 11 is 6.04. The highest BCUT2D eigenvalue weighted by molar-refractivity contribution is 6.33. The Morgan fingerprint density at radius 3 is 2.63 bits per heavy atom. The van der Waals surface area contributed by atoms with Gasteiger partial charge in [0.2, 0.25) is 0 Å². The van der Waals surface area contributed by atoms with Crippen molar-refractivity contribution in [2.45, 2.75) is 32.7 Å². The Morgan fingerprint density at radius 1 is 1.23 bits per heavy atom. The molecule has 1 heterocycles. The van der Waals surface area contributed by atoms with Gasteiger partial charge >= 0.3 is 0 Å². The van der Waals surface area contributed by atoms with Crippen LogP contribution in [0.5, 0.6) is 5.75 Å². The van der Waals surface area contributed by atoms with E-state index in [1.165, 1.54) is 12.1 Å². The first kappa shape index (κ1) is 22.1. The standard InChI is InChI=1S/C23H26ClFN2O3/c1-15(2)26-22(28)17-5-8-19(9-6-17)30-14-16-4-3-11-27(13-16)23(29)20-10-7-18(25)12-21(20)24/h5-10,12,15-16H,3-4,11,13-14H2,1-2H3,(H,26,28)/t16-/m0/s1. The maximum absolute atomic E-state index is 13.3. The van der Waals surface area contributed by atoms with Crippen LogP contribution in [0.25, 0.3) is 0 Å². The molecule has 1 N–H and O–H groups in total. The van der Waals surface area contributed by atoms with Crippen LogP contribution >= 0.6 is 11.6 Å². The van der Waals surface area contributed by atoms with Crippen molar-refractivity contribution in [2.24, 2.45) is 5.92 Å². The van der Waals surface area contributed by atoms with Crippen LogP contribution in [0.2, 0.25) is 5.02 Å². The predicted octanol–water partition coefficient (Wildman–Crippen LogP) is 4.55. The van der Waals surface area contributed by atoms with Gasteiger partial charge in [-0.1, -0.05) is 11.6 Å². The second-order valence-corrected chi connectivity index (χ2v) is 8.25. The Hall–Kier alpha value is -2.60. The third kappa shape index (κ3) is 5.72. The average molecular weight is 433 g/mol. The van der Waals surface area contributed by atoms with Crippen molar-refractivity contribution in [1.82, 2.24) is 10.2 Å². The highest BCUT2D eigenvalue weighted by Crippen LogP contribution is 2.24. The molecule has 2 aromatic carbocycles. The fourth-order valence-corrected chi connectivity index (χ4v) is 3.73. The van der Waals surface area contributed by atoms with Crippen LogP contribution in [0.3, 0.4) is 0 Å². The minimum Gasteiger partial charge on any atom is -0.493 e. The van der Waals surface area contributed by atoms with E-state index >= 15 is 0 Å². The predicted molar refractivity (Wildman–Crippen MR) is 115 cm³/mol. The number of ether oxygens (including phenoxy) is 1. The number of amides is 2. The lowest BCUT2D eigenvalue weighted by Crippen LogP contribution is -2.41. The minimum atomic E-state index is -0.464. The molecule has 0 radical (unpaired) electrons. The largest absolute Gasteiger partial charge is 0.493 e. The van der Waals surface area contributed by atoms with Crippen LogP contribution in [-0.2, 0) is 0 Å². The van der Waals surface area contributed by atoms with E-state index in [4.69, 9.17) is 16.3 Å². The lowest BCUT2D eigenvalue weighted by atomic mass is 9.98. The maximum atomic E-state index is 13.3. The first-order chi connectivity index (χ1) is 14.3. The fourth-order valence-electron chi connectivity index (χ4n) is 3.48. The molecule has 3 rings (SSSR count). The minimum absolute atomic E-state index is 0.0789. The number of likely N-dealkylation sites (tertiary alicyclic amines) is 1. The number of rotatable bonds is 6. The maximum Gasteiger partial charge on any atom is 0.255 e. The van der Waals surface area contributed by atoms with E-state index in [2.05, 4.69) is 5.32 Å². The molecule has 7 heteroatoms. The highest BCUT2D eigenvalue weighted by atomic mass is 35.5. The molecule has 5 nitrogen and oxygen atoms in total. The number of piperidine rings is 1. The summed E-state index contributed by atoms with van der Waals surface area (Å²) < 4.78 is 19.1. The SMILES string of the molecule is CC(C)NC(=O)c1ccc(OC[C@H]2CCCN(C(=O)c3ccc(F)cc3Cl)C2)cc1. The Morgan fingerprint density at radius 2 is 1.97 bits per heavy atom. The van der Waals surface area contributed by atoms with Crippen LogP contribution in [-0.4, -0.2) is 42.5 Å². The van der Waals surface area contributed by atoms with E-state index in [1.807, 2.05) is 13.8 Å². The molecule has 2 aromatic rings. The Kier molecular flexibility index (Phi) is 7.32. The van der Waals surface area contributed by atoms with Gasteiger partial charge in [0, 0.05) is 30.6 Å². The summed E-state index contributed by atoms with van der Waals surface area (Å²) in [7, 11) is 0. The quantitative estimate of drug-likeness (QED) is 0.728. The van der Waals surface area contributed by atoms with Gasteiger partial charge in [0.15, 0.2) is 0 Å². The molecule has 0 aliphatic carbocycles. The third-order valence-corrected chi connectivity index (χ3v) is 5.30. The van der Waals surface area contributed by atoms with Crippen LogP contribution < -0.4 is 10.1 Å². The zero-order chi connectivity index (χ0) is 21.7. The summed E-state index contributed by atoms with van der Waals surface area (Å²) in [6.07, 6.45) is 1.82. The number of hydrogen-bond donors (Lipinski definition) is 1. The average Bonchev–Trinajstić information content (AvgIpc) is 2.72. The van der Waals surface area contributed by atoms with E-state index in [9.17, 15) is 14.0 Å². The van der Waals surface area contributed by atoms with Gasteiger partial charge in [-0.15, -0.1) is 0 Å². The molecule has 0 saturated carbocycles. The molecule has 1 atom stereocenters. The number of benzene rings is 2. The van der Waals surface area contributed by atoms with E-state index in [0.29, 0.717) is 36.6 Å². The Bertz CT molecular complexity index is 902. The number of carbonyl (C=O) groups is 2. The van der Waals surface area contributed by atoms with E-state index in [0.717, 1.165) is 18.9 Å². The molecular weight excluding hydrogens is 407 g/mol. The van der Waals surface area contributed by atoms with Crippen LogP contribution in [0.15, 0.2) is 42.5 Å².